The Hall–Kier alpha value is -3.74. The number of benzene rings is 2. The van der Waals surface area contributed by atoms with Gasteiger partial charge in [0.25, 0.3) is 5.91 Å². The number of ketones is 1. The van der Waals surface area contributed by atoms with Crippen LogP contribution < -0.4 is 5.32 Å². The SMILES string of the molecule is C=C1c2ccccc2C(=O)N1CC(=O)OC(C)C(=O)c1ccc(NC(=O)C(C)C)cc1. The zero-order valence-electron chi connectivity index (χ0n) is 17.7. The molecule has 2 amide bonds. The molecule has 2 aromatic rings. The molecule has 1 unspecified atom stereocenters. The van der Waals surface area contributed by atoms with E-state index in [1.165, 1.54) is 11.8 Å². The molecule has 0 bridgehead atoms. The molecule has 160 valence electrons. The number of carbonyl (C=O) groups is 4. The highest BCUT2D eigenvalue weighted by Crippen LogP contribution is 2.30. The monoisotopic (exact) mass is 420 g/mol. The molecule has 0 spiro atoms. The van der Waals surface area contributed by atoms with Gasteiger partial charge in [0, 0.05) is 34.0 Å². The van der Waals surface area contributed by atoms with E-state index in [0.717, 1.165) is 0 Å². The van der Waals surface area contributed by atoms with Crippen molar-refractivity contribution in [2.45, 2.75) is 26.9 Å². The summed E-state index contributed by atoms with van der Waals surface area (Å²) in [7, 11) is 0. The van der Waals surface area contributed by atoms with E-state index in [0.29, 0.717) is 28.1 Å². The van der Waals surface area contributed by atoms with Crippen molar-refractivity contribution in [1.29, 1.82) is 0 Å². The normalized spacial score (nSPS) is 13.7. The van der Waals surface area contributed by atoms with Crippen molar-refractivity contribution >= 4 is 35.0 Å². The third kappa shape index (κ3) is 4.71. The molecule has 0 saturated carbocycles. The van der Waals surface area contributed by atoms with Crippen LogP contribution in [0, 0.1) is 5.92 Å². The van der Waals surface area contributed by atoms with Gasteiger partial charge in [-0.3, -0.25) is 24.1 Å². The van der Waals surface area contributed by atoms with E-state index in [4.69, 9.17) is 4.74 Å². The lowest BCUT2D eigenvalue weighted by Crippen LogP contribution is -2.34. The maximum absolute atomic E-state index is 12.6. The van der Waals surface area contributed by atoms with E-state index in [9.17, 15) is 19.2 Å². The lowest BCUT2D eigenvalue weighted by atomic mass is 10.1. The first-order valence-corrected chi connectivity index (χ1v) is 9.93. The highest BCUT2D eigenvalue weighted by Gasteiger charge is 2.33. The summed E-state index contributed by atoms with van der Waals surface area (Å²) in [5.74, 6) is -1.70. The third-order valence-corrected chi connectivity index (χ3v) is 4.97. The van der Waals surface area contributed by atoms with Gasteiger partial charge in [-0.05, 0) is 37.3 Å². The van der Waals surface area contributed by atoms with E-state index in [-0.39, 0.29) is 30.1 Å². The fraction of sp³-hybridized carbons (Fsp3) is 0.250. The van der Waals surface area contributed by atoms with Crippen LogP contribution >= 0.6 is 0 Å². The number of carbonyl (C=O) groups excluding carboxylic acids is 4. The van der Waals surface area contributed by atoms with E-state index in [2.05, 4.69) is 11.9 Å². The molecule has 1 atom stereocenters. The minimum Gasteiger partial charge on any atom is -0.453 e. The number of Topliss-reactive ketones (excluding diaryl/α,β-unsaturated/α-hetero) is 1. The molecular formula is C24H24N2O5. The van der Waals surface area contributed by atoms with Crippen LogP contribution in [0.4, 0.5) is 5.69 Å². The lowest BCUT2D eigenvalue weighted by Gasteiger charge is -2.18. The van der Waals surface area contributed by atoms with Crippen LogP contribution in [-0.4, -0.2) is 41.1 Å². The first kappa shape index (κ1) is 22.0. The molecule has 31 heavy (non-hydrogen) atoms. The second-order valence-electron chi connectivity index (χ2n) is 7.60. The Kier molecular flexibility index (Phi) is 6.34. The van der Waals surface area contributed by atoms with E-state index in [1.807, 2.05) is 0 Å². The van der Waals surface area contributed by atoms with Crippen LogP contribution in [0.5, 0.6) is 0 Å². The minimum absolute atomic E-state index is 0.124. The second-order valence-corrected chi connectivity index (χ2v) is 7.60. The van der Waals surface area contributed by atoms with Crippen molar-refractivity contribution < 1.29 is 23.9 Å². The first-order chi connectivity index (χ1) is 14.7. The van der Waals surface area contributed by atoms with Crippen LogP contribution in [0.15, 0.2) is 55.1 Å². The molecular weight excluding hydrogens is 396 g/mol. The number of anilines is 1. The van der Waals surface area contributed by atoms with Crippen molar-refractivity contribution in [2.24, 2.45) is 5.92 Å². The standard InChI is InChI=1S/C24H24N2O5/c1-14(2)23(29)25-18-11-9-17(10-12-18)22(28)16(4)31-21(27)13-26-15(3)19-7-5-6-8-20(19)24(26)30/h5-12,14,16H,3,13H2,1-2,4H3,(H,25,29). The molecule has 0 saturated heterocycles. The highest BCUT2D eigenvalue weighted by molar-refractivity contribution is 6.10. The zero-order valence-corrected chi connectivity index (χ0v) is 17.7. The maximum atomic E-state index is 12.6. The van der Waals surface area contributed by atoms with Gasteiger partial charge in [0.1, 0.15) is 6.54 Å². The Bertz CT molecular complexity index is 1020. The summed E-state index contributed by atoms with van der Waals surface area (Å²) in [5.41, 5.74) is 2.50. The Balaban J connectivity index is 1.59. The van der Waals surface area contributed by atoms with E-state index >= 15 is 0 Å². The second kappa shape index (κ2) is 8.95. The van der Waals surface area contributed by atoms with Crippen molar-refractivity contribution in [3.8, 4) is 0 Å². The quantitative estimate of drug-likeness (QED) is 0.546. The molecule has 1 aliphatic rings. The number of nitrogens with one attached hydrogen (secondary N) is 1. The van der Waals surface area contributed by atoms with Crippen molar-refractivity contribution in [1.82, 2.24) is 4.90 Å². The molecule has 2 aromatic carbocycles. The van der Waals surface area contributed by atoms with Gasteiger partial charge in [0.15, 0.2) is 6.10 Å². The average molecular weight is 420 g/mol. The topological polar surface area (TPSA) is 92.8 Å². The third-order valence-electron chi connectivity index (χ3n) is 4.97. The molecule has 1 N–H and O–H groups in total. The van der Waals surface area contributed by atoms with Gasteiger partial charge in [0.2, 0.25) is 11.7 Å². The fourth-order valence-electron chi connectivity index (χ4n) is 3.16. The van der Waals surface area contributed by atoms with Gasteiger partial charge in [0.05, 0.1) is 0 Å². The average Bonchev–Trinajstić information content (AvgIpc) is 2.98. The van der Waals surface area contributed by atoms with Crippen LogP contribution in [0.25, 0.3) is 5.70 Å². The smallest absolute Gasteiger partial charge is 0.326 e. The molecule has 0 aromatic heterocycles. The van der Waals surface area contributed by atoms with Crippen LogP contribution in [0.2, 0.25) is 0 Å². The van der Waals surface area contributed by atoms with Crippen molar-refractivity contribution in [3.63, 3.8) is 0 Å². The van der Waals surface area contributed by atoms with Crippen molar-refractivity contribution in [2.75, 3.05) is 11.9 Å². The molecule has 1 aliphatic heterocycles. The molecule has 3 rings (SSSR count). The Morgan fingerprint density at radius 1 is 1.00 bits per heavy atom. The summed E-state index contributed by atoms with van der Waals surface area (Å²) in [6.45, 7) is 8.60. The summed E-state index contributed by atoms with van der Waals surface area (Å²) >= 11 is 0. The number of rotatable bonds is 7. The Morgan fingerprint density at radius 3 is 2.19 bits per heavy atom. The van der Waals surface area contributed by atoms with Crippen LogP contribution in [0.1, 0.15) is 47.1 Å². The van der Waals surface area contributed by atoms with Crippen LogP contribution in [0.3, 0.4) is 0 Å². The first-order valence-electron chi connectivity index (χ1n) is 9.93. The molecule has 0 radical (unpaired) electrons. The van der Waals surface area contributed by atoms with E-state index < -0.39 is 12.1 Å². The maximum Gasteiger partial charge on any atom is 0.326 e. The van der Waals surface area contributed by atoms with Gasteiger partial charge in [-0.15, -0.1) is 0 Å². The number of esters is 1. The number of amides is 2. The van der Waals surface area contributed by atoms with Gasteiger partial charge in [-0.25, -0.2) is 0 Å². The number of hydrogen-bond donors (Lipinski definition) is 1. The molecule has 0 aliphatic carbocycles. The molecule has 7 nitrogen and oxygen atoms in total. The predicted molar refractivity (Wildman–Crippen MR) is 116 cm³/mol. The molecule has 7 heteroatoms. The minimum atomic E-state index is -1.03. The largest absolute Gasteiger partial charge is 0.453 e. The van der Waals surface area contributed by atoms with Gasteiger partial charge < -0.3 is 10.1 Å². The number of ether oxygens (including phenoxy) is 1. The molecule has 1 heterocycles. The number of hydrogen-bond acceptors (Lipinski definition) is 5. The van der Waals surface area contributed by atoms with Gasteiger partial charge in [-0.2, -0.15) is 0 Å². The van der Waals surface area contributed by atoms with Gasteiger partial charge >= 0.3 is 5.97 Å². The number of nitrogens with zero attached hydrogens (tertiary/aromatic N) is 1. The van der Waals surface area contributed by atoms with E-state index in [1.54, 1.807) is 62.4 Å². The summed E-state index contributed by atoms with van der Waals surface area (Å²) in [6, 6.07) is 13.3. The molecule has 0 fully saturated rings. The lowest BCUT2D eigenvalue weighted by molar-refractivity contribution is -0.146. The summed E-state index contributed by atoms with van der Waals surface area (Å²) < 4.78 is 5.26. The van der Waals surface area contributed by atoms with Gasteiger partial charge in [-0.1, -0.05) is 38.6 Å². The highest BCUT2D eigenvalue weighted by atomic mass is 16.5. The predicted octanol–water partition coefficient (Wildman–Crippen LogP) is 3.52. The Labute approximate surface area is 180 Å². The van der Waals surface area contributed by atoms with Crippen molar-refractivity contribution in [3.05, 3.63) is 71.8 Å². The Morgan fingerprint density at radius 2 is 1.61 bits per heavy atom. The zero-order chi connectivity index (χ0) is 22.7. The van der Waals surface area contributed by atoms with Crippen LogP contribution in [-0.2, 0) is 14.3 Å². The summed E-state index contributed by atoms with van der Waals surface area (Å²) in [5, 5.41) is 2.74. The number of fused-ring (bicyclic) bond motifs is 1. The fourth-order valence-corrected chi connectivity index (χ4v) is 3.16. The summed E-state index contributed by atoms with van der Waals surface area (Å²) in [6.07, 6.45) is -1.03. The summed E-state index contributed by atoms with van der Waals surface area (Å²) in [4.78, 5) is 50.5.